The van der Waals surface area contributed by atoms with Crippen molar-refractivity contribution in [1.29, 1.82) is 0 Å². The van der Waals surface area contributed by atoms with E-state index in [-0.39, 0.29) is 25.0 Å². The minimum atomic E-state index is -0.0945. The van der Waals surface area contributed by atoms with Crippen LogP contribution in [0.1, 0.15) is 11.1 Å². The monoisotopic (exact) mass is 416 g/mol. The van der Waals surface area contributed by atoms with E-state index in [2.05, 4.69) is 0 Å². The minimum absolute atomic E-state index is 0.00363. The van der Waals surface area contributed by atoms with Gasteiger partial charge in [0, 0.05) is 31.2 Å². The van der Waals surface area contributed by atoms with Crippen molar-refractivity contribution < 1.29 is 19.1 Å². The second-order valence-corrected chi connectivity index (χ2v) is 7.40. The fraction of sp³-hybridized carbons (Fsp3) is 0.364. The summed E-state index contributed by atoms with van der Waals surface area (Å²) in [6, 6.07) is 12.9. The van der Waals surface area contributed by atoms with Gasteiger partial charge in [0.2, 0.25) is 0 Å². The van der Waals surface area contributed by atoms with Crippen LogP contribution < -0.4 is 9.47 Å². The Morgan fingerprint density at radius 3 is 1.76 bits per heavy atom. The van der Waals surface area contributed by atoms with Gasteiger partial charge < -0.3 is 19.3 Å². The topological polar surface area (TPSA) is 59.1 Å². The van der Waals surface area contributed by atoms with Gasteiger partial charge in [0.15, 0.2) is 13.2 Å². The van der Waals surface area contributed by atoms with Crippen LogP contribution in [0.2, 0.25) is 5.02 Å². The maximum absolute atomic E-state index is 12.4. The van der Waals surface area contributed by atoms with E-state index in [0.717, 1.165) is 11.1 Å². The molecular weight excluding hydrogens is 392 g/mol. The molecule has 0 saturated carbocycles. The summed E-state index contributed by atoms with van der Waals surface area (Å²) in [6.45, 7) is 5.71. The first kappa shape index (κ1) is 21.0. The van der Waals surface area contributed by atoms with Gasteiger partial charge in [-0.3, -0.25) is 9.59 Å². The van der Waals surface area contributed by atoms with Crippen LogP contribution in [0.5, 0.6) is 11.5 Å². The van der Waals surface area contributed by atoms with Gasteiger partial charge in [-0.1, -0.05) is 29.8 Å². The lowest BCUT2D eigenvalue weighted by atomic mass is 10.1. The molecule has 0 aliphatic carbocycles. The molecule has 154 valence electrons. The van der Waals surface area contributed by atoms with Crippen LogP contribution >= 0.6 is 11.6 Å². The molecule has 2 aromatic carbocycles. The van der Waals surface area contributed by atoms with Crippen molar-refractivity contribution in [3.63, 3.8) is 0 Å². The predicted molar refractivity (Wildman–Crippen MR) is 112 cm³/mol. The fourth-order valence-corrected chi connectivity index (χ4v) is 3.29. The van der Waals surface area contributed by atoms with E-state index in [1.807, 2.05) is 56.3 Å². The average Bonchev–Trinajstić information content (AvgIpc) is 2.74. The first-order valence-corrected chi connectivity index (χ1v) is 9.95. The van der Waals surface area contributed by atoms with E-state index < -0.39 is 0 Å². The third-order valence-corrected chi connectivity index (χ3v) is 5.46. The number of rotatable bonds is 6. The predicted octanol–water partition coefficient (Wildman–Crippen LogP) is 3.09. The van der Waals surface area contributed by atoms with Gasteiger partial charge in [-0.25, -0.2) is 0 Å². The molecule has 2 amide bonds. The number of hydrogen-bond acceptors (Lipinski definition) is 4. The van der Waals surface area contributed by atoms with E-state index in [1.54, 1.807) is 9.80 Å². The lowest BCUT2D eigenvalue weighted by molar-refractivity contribution is -0.141. The zero-order chi connectivity index (χ0) is 20.8. The molecule has 1 fully saturated rings. The summed E-state index contributed by atoms with van der Waals surface area (Å²) < 4.78 is 11.2. The van der Waals surface area contributed by atoms with Gasteiger partial charge in [0.05, 0.1) is 0 Å². The minimum Gasteiger partial charge on any atom is -0.484 e. The number of halogens is 1. The number of aryl methyl sites for hydroxylation is 2. The summed E-state index contributed by atoms with van der Waals surface area (Å²) in [5.74, 6) is 1.12. The van der Waals surface area contributed by atoms with E-state index in [1.165, 1.54) is 0 Å². The normalized spacial score (nSPS) is 13.9. The molecular formula is C22H25ClN2O4. The number of hydrogen-bond donors (Lipinski definition) is 0. The van der Waals surface area contributed by atoms with E-state index in [9.17, 15) is 9.59 Å². The Morgan fingerprint density at radius 2 is 1.28 bits per heavy atom. The van der Waals surface area contributed by atoms with Crippen LogP contribution in [0.15, 0.2) is 42.5 Å². The zero-order valence-corrected chi connectivity index (χ0v) is 17.4. The molecule has 2 aromatic rings. The van der Waals surface area contributed by atoms with Crippen LogP contribution in [0.25, 0.3) is 0 Å². The molecule has 6 nitrogen and oxygen atoms in total. The van der Waals surface area contributed by atoms with Crippen molar-refractivity contribution in [2.45, 2.75) is 13.8 Å². The average molecular weight is 417 g/mol. The SMILES string of the molecule is Cc1cc(OCC(=O)N2CCN(C(=O)COc3ccccc3)CC2)cc(C)c1Cl. The third-order valence-electron chi connectivity index (χ3n) is 4.86. The molecule has 0 unspecified atom stereocenters. The maximum atomic E-state index is 12.4. The maximum Gasteiger partial charge on any atom is 0.260 e. The summed E-state index contributed by atoms with van der Waals surface area (Å²) in [7, 11) is 0. The standard InChI is InChI=1S/C22H25ClN2O4/c1-16-12-19(13-17(2)22(16)23)29-15-21(27)25-10-8-24(9-11-25)20(26)14-28-18-6-4-3-5-7-18/h3-7,12-13H,8-11,14-15H2,1-2H3. The molecule has 1 saturated heterocycles. The Balaban J connectivity index is 1.42. The Labute approximate surface area is 176 Å². The second kappa shape index (κ2) is 9.65. The summed E-state index contributed by atoms with van der Waals surface area (Å²) in [6.07, 6.45) is 0. The molecule has 0 radical (unpaired) electrons. The number of benzene rings is 2. The van der Waals surface area contributed by atoms with Crippen molar-refractivity contribution in [1.82, 2.24) is 9.80 Å². The van der Waals surface area contributed by atoms with Gasteiger partial charge >= 0.3 is 0 Å². The van der Waals surface area contributed by atoms with E-state index >= 15 is 0 Å². The van der Waals surface area contributed by atoms with E-state index in [4.69, 9.17) is 21.1 Å². The highest BCUT2D eigenvalue weighted by Gasteiger charge is 2.24. The molecule has 0 spiro atoms. The largest absolute Gasteiger partial charge is 0.484 e. The smallest absolute Gasteiger partial charge is 0.260 e. The van der Waals surface area contributed by atoms with Gasteiger partial charge in [-0.05, 0) is 49.2 Å². The number of ether oxygens (including phenoxy) is 2. The van der Waals surface area contributed by atoms with E-state index in [0.29, 0.717) is 42.7 Å². The number of carbonyl (C=O) groups excluding carboxylic acids is 2. The number of carbonyl (C=O) groups is 2. The first-order valence-electron chi connectivity index (χ1n) is 9.57. The zero-order valence-electron chi connectivity index (χ0n) is 16.7. The molecule has 1 aliphatic heterocycles. The van der Waals surface area contributed by atoms with Crippen LogP contribution in [0.4, 0.5) is 0 Å². The van der Waals surface area contributed by atoms with Gasteiger partial charge in [0.25, 0.3) is 11.8 Å². The van der Waals surface area contributed by atoms with Crippen molar-refractivity contribution in [2.24, 2.45) is 0 Å². The Morgan fingerprint density at radius 1 is 0.828 bits per heavy atom. The van der Waals surface area contributed by atoms with Crippen LogP contribution in [0, 0.1) is 13.8 Å². The number of amides is 2. The van der Waals surface area contributed by atoms with Crippen LogP contribution in [-0.2, 0) is 9.59 Å². The van der Waals surface area contributed by atoms with Crippen molar-refractivity contribution >= 4 is 23.4 Å². The molecule has 0 N–H and O–H groups in total. The molecule has 0 bridgehead atoms. The molecule has 3 rings (SSSR count). The van der Waals surface area contributed by atoms with Crippen LogP contribution in [-0.4, -0.2) is 61.0 Å². The Bertz CT molecular complexity index is 841. The van der Waals surface area contributed by atoms with Crippen molar-refractivity contribution in [2.75, 3.05) is 39.4 Å². The Hall–Kier alpha value is -2.73. The molecule has 29 heavy (non-hydrogen) atoms. The number of nitrogens with zero attached hydrogens (tertiary/aromatic N) is 2. The number of piperazine rings is 1. The molecule has 1 aliphatic rings. The summed E-state index contributed by atoms with van der Waals surface area (Å²) in [5.41, 5.74) is 1.83. The second-order valence-electron chi connectivity index (χ2n) is 7.02. The van der Waals surface area contributed by atoms with Crippen LogP contribution in [0.3, 0.4) is 0 Å². The number of para-hydroxylation sites is 1. The first-order chi connectivity index (χ1) is 13.9. The van der Waals surface area contributed by atoms with Crippen molar-refractivity contribution in [3.8, 4) is 11.5 Å². The highest BCUT2D eigenvalue weighted by molar-refractivity contribution is 6.32. The lowest BCUT2D eigenvalue weighted by Crippen LogP contribution is -2.52. The van der Waals surface area contributed by atoms with Gasteiger partial charge in [-0.15, -0.1) is 0 Å². The molecule has 1 heterocycles. The highest BCUT2D eigenvalue weighted by Crippen LogP contribution is 2.25. The summed E-state index contributed by atoms with van der Waals surface area (Å²) in [5, 5.41) is 0.709. The van der Waals surface area contributed by atoms with Gasteiger partial charge in [0.1, 0.15) is 11.5 Å². The van der Waals surface area contributed by atoms with Gasteiger partial charge in [-0.2, -0.15) is 0 Å². The fourth-order valence-electron chi connectivity index (χ4n) is 3.18. The lowest BCUT2D eigenvalue weighted by Gasteiger charge is -2.34. The molecule has 0 atom stereocenters. The summed E-state index contributed by atoms with van der Waals surface area (Å²) in [4.78, 5) is 28.2. The molecule has 7 heteroatoms. The Kier molecular flexibility index (Phi) is 6.99. The van der Waals surface area contributed by atoms with Crippen molar-refractivity contribution in [3.05, 3.63) is 58.6 Å². The molecule has 0 aromatic heterocycles. The highest BCUT2D eigenvalue weighted by atomic mass is 35.5. The summed E-state index contributed by atoms with van der Waals surface area (Å²) >= 11 is 6.16. The third kappa shape index (κ3) is 5.64. The quantitative estimate of drug-likeness (QED) is 0.726.